The molecule has 0 fully saturated rings. The molecule has 1 heterocycles. The summed E-state index contributed by atoms with van der Waals surface area (Å²) in [6, 6.07) is 8.89. The van der Waals surface area contributed by atoms with Gasteiger partial charge in [-0.1, -0.05) is 23.7 Å². The molecule has 3 nitrogen and oxygen atoms in total. The van der Waals surface area contributed by atoms with Gasteiger partial charge < -0.3 is 4.42 Å². The van der Waals surface area contributed by atoms with E-state index in [0.717, 1.165) is 5.56 Å². The zero-order chi connectivity index (χ0) is 17.1. The summed E-state index contributed by atoms with van der Waals surface area (Å²) < 4.78 is 32.4. The molecule has 3 rings (SSSR count). The molecule has 3 aromatic rings. The lowest BCUT2D eigenvalue weighted by atomic mass is 10.1. The van der Waals surface area contributed by atoms with E-state index in [2.05, 4.69) is 26.1 Å². The van der Waals surface area contributed by atoms with Gasteiger partial charge in [0.15, 0.2) is 0 Å². The van der Waals surface area contributed by atoms with Gasteiger partial charge in [0.05, 0.1) is 15.9 Å². The molecule has 7 heteroatoms. The Kier molecular flexibility index (Phi) is 5.06. The molecule has 0 aliphatic heterocycles. The van der Waals surface area contributed by atoms with E-state index < -0.39 is 5.82 Å². The summed E-state index contributed by atoms with van der Waals surface area (Å²) >= 11 is 9.04. The lowest BCUT2D eigenvalue weighted by Gasteiger charge is -1.99. The molecule has 24 heavy (non-hydrogen) atoms. The molecule has 0 saturated heterocycles. The summed E-state index contributed by atoms with van der Waals surface area (Å²) in [7, 11) is 0. The minimum Gasteiger partial charge on any atom is -0.421 e. The Morgan fingerprint density at radius 2 is 1.92 bits per heavy atom. The van der Waals surface area contributed by atoms with Gasteiger partial charge in [0, 0.05) is 6.08 Å². The summed E-state index contributed by atoms with van der Waals surface area (Å²) in [6.45, 7) is 0. The van der Waals surface area contributed by atoms with Crippen molar-refractivity contribution in [3.8, 4) is 0 Å². The van der Waals surface area contributed by atoms with Crippen LogP contribution in [0, 0.1) is 11.6 Å². The quantitative estimate of drug-likeness (QED) is 0.567. The van der Waals surface area contributed by atoms with Gasteiger partial charge in [0.25, 0.3) is 0 Å². The van der Waals surface area contributed by atoms with Crippen molar-refractivity contribution >= 4 is 39.7 Å². The first-order valence-electron chi connectivity index (χ1n) is 6.91. The van der Waals surface area contributed by atoms with Gasteiger partial charge >= 0.3 is 0 Å². The van der Waals surface area contributed by atoms with Crippen molar-refractivity contribution in [2.45, 2.75) is 6.42 Å². The van der Waals surface area contributed by atoms with E-state index in [4.69, 9.17) is 16.0 Å². The van der Waals surface area contributed by atoms with Crippen LogP contribution in [0.4, 0.5) is 8.78 Å². The van der Waals surface area contributed by atoms with Gasteiger partial charge in [-0.15, -0.1) is 10.2 Å². The predicted molar refractivity (Wildman–Crippen MR) is 91.5 cm³/mol. The number of aromatic nitrogens is 2. The fourth-order valence-corrected chi connectivity index (χ4v) is 2.50. The molecule has 0 unspecified atom stereocenters. The van der Waals surface area contributed by atoms with Crippen LogP contribution in [0.5, 0.6) is 0 Å². The first-order chi connectivity index (χ1) is 11.5. The third-order valence-electron chi connectivity index (χ3n) is 3.19. The van der Waals surface area contributed by atoms with Gasteiger partial charge in [0.1, 0.15) is 11.6 Å². The molecule has 0 spiro atoms. The third kappa shape index (κ3) is 4.07. The Morgan fingerprint density at radius 3 is 2.67 bits per heavy atom. The average molecular weight is 412 g/mol. The maximum atomic E-state index is 13.5. The second-order valence-electron chi connectivity index (χ2n) is 4.96. The Bertz CT molecular complexity index is 911. The SMILES string of the molecule is Fc1ccc(/C=C/c2nnc(Cc3ccc(Br)c(F)c3)o2)c(Cl)c1. The predicted octanol–water partition coefficient (Wildman–Crippen LogP) is 5.52. The highest BCUT2D eigenvalue weighted by molar-refractivity contribution is 9.10. The first kappa shape index (κ1) is 16.8. The first-order valence-corrected chi connectivity index (χ1v) is 8.08. The Morgan fingerprint density at radius 1 is 1.08 bits per heavy atom. The smallest absolute Gasteiger partial charge is 0.240 e. The molecule has 0 bridgehead atoms. The summed E-state index contributed by atoms with van der Waals surface area (Å²) in [5.41, 5.74) is 1.35. The topological polar surface area (TPSA) is 38.9 Å². The largest absolute Gasteiger partial charge is 0.421 e. The number of halogens is 4. The van der Waals surface area contributed by atoms with E-state index in [9.17, 15) is 8.78 Å². The van der Waals surface area contributed by atoms with Gasteiger partial charge in [-0.3, -0.25) is 0 Å². The zero-order valence-electron chi connectivity index (χ0n) is 12.1. The van der Waals surface area contributed by atoms with Crippen molar-refractivity contribution in [1.29, 1.82) is 0 Å². The van der Waals surface area contributed by atoms with Crippen molar-refractivity contribution in [2.24, 2.45) is 0 Å². The van der Waals surface area contributed by atoms with Gasteiger partial charge in [-0.05, 0) is 57.4 Å². The molecular formula is C17H10BrClF2N2O. The summed E-state index contributed by atoms with van der Waals surface area (Å²) in [5, 5.41) is 8.10. The summed E-state index contributed by atoms with van der Waals surface area (Å²) in [5.74, 6) is -0.110. The number of hydrogen-bond acceptors (Lipinski definition) is 3. The summed E-state index contributed by atoms with van der Waals surface area (Å²) in [6.07, 6.45) is 3.55. The molecule has 0 N–H and O–H groups in total. The molecule has 1 aromatic heterocycles. The van der Waals surface area contributed by atoms with E-state index in [1.165, 1.54) is 18.2 Å². The van der Waals surface area contributed by atoms with Crippen molar-refractivity contribution in [3.05, 3.63) is 80.4 Å². The van der Waals surface area contributed by atoms with Crippen LogP contribution in [0.3, 0.4) is 0 Å². The lowest BCUT2D eigenvalue weighted by Crippen LogP contribution is -1.90. The average Bonchev–Trinajstić information content (AvgIpc) is 2.98. The van der Waals surface area contributed by atoms with Crippen molar-refractivity contribution in [1.82, 2.24) is 10.2 Å². The molecule has 122 valence electrons. The molecule has 0 atom stereocenters. The molecular weight excluding hydrogens is 402 g/mol. The number of hydrogen-bond donors (Lipinski definition) is 0. The standard InChI is InChI=1S/C17H10BrClF2N2O/c18-13-5-1-10(7-15(13)21)8-17-23-22-16(24-17)6-3-11-2-4-12(20)9-14(11)19/h1-7,9H,8H2/b6-3+. The Labute approximate surface area is 150 Å². The van der Waals surface area contributed by atoms with E-state index >= 15 is 0 Å². The summed E-state index contributed by atoms with van der Waals surface area (Å²) in [4.78, 5) is 0. The van der Waals surface area contributed by atoms with Crippen LogP contribution < -0.4 is 0 Å². The van der Waals surface area contributed by atoms with E-state index in [1.807, 2.05) is 0 Å². The van der Waals surface area contributed by atoms with Gasteiger partial charge in [-0.2, -0.15) is 0 Å². The van der Waals surface area contributed by atoms with Crippen LogP contribution >= 0.6 is 27.5 Å². The van der Waals surface area contributed by atoms with Crippen LogP contribution in [0.15, 0.2) is 45.3 Å². The molecule has 0 amide bonds. The maximum Gasteiger partial charge on any atom is 0.240 e. The highest BCUT2D eigenvalue weighted by Gasteiger charge is 2.07. The monoisotopic (exact) mass is 410 g/mol. The maximum absolute atomic E-state index is 13.5. The lowest BCUT2D eigenvalue weighted by molar-refractivity contribution is 0.496. The van der Waals surface area contributed by atoms with E-state index in [-0.39, 0.29) is 16.7 Å². The third-order valence-corrected chi connectivity index (χ3v) is 4.16. The molecule has 0 saturated carbocycles. The molecule has 0 aliphatic carbocycles. The normalized spacial score (nSPS) is 11.3. The second-order valence-corrected chi connectivity index (χ2v) is 6.22. The van der Waals surface area contributed by atoms with E-state index in [0.29, 0.717) is 22.3 Å². The molecule has 2 aromatic carbocycles. The van der Waals surface area contributed by atoms with E-state index in [1.54, 1.807) is 30.4 Å². The van der Waals surface area contributed by atoms with Crippen LogP contribution in [-0.4, -0.2) is 10.2 Å². The fraction of sp³-hybridized carbons (Fsp3) is 0.0588. The number of benzene rings is 2. The van der Waals surface area contributed by atoms with Gasteiger partial charge in [-0.25, -0.2) is 8.78 Å². The zero-order valence-corrected chi connectivity index (χ0v) is 14.5. The Hall–Kier alpha value is -2.05. The highest BCUT2D eigenvalue weighted by atomic mass is 79.9. The van der Waals surface area contributed by atoms with Crippen LogP contribution in [-0.2, 0) is 6.42 Å². The molecule has 0 aliphatic rings. The number of nitrogens with zero attached hydrogens (tertiary/aromatic N) is 2. The van der Waals surface area contributed by atoms with Gasteiger partial charge in [0.2, 0.25) is 11.8 Å². The van der Waals surface area contributed by atoms with Crippen molar-refractivity contribution < 1.29 is 13.2 Å². The number of rotatable bonds is 4. The minimum absolute atomic E-state index is 0.281. The van der Waals surface area contributed by atoms with Crippen molar-refractivity contribution in [2.75, 3.05) is 0 Å². The highest BCUT2D eigenvalue weighted by Crippen LogP contribution is 2.21. The molecule has 0 radical (unpaired) electrons. The fourth-order valence-electron chi connectivity index (χ4n) is 2.03. The Balaban J connectivity index is 1.73. The van der Waals surface area contributed by atoms with Crippen LogP contribution in [0.25, 0.3) is 12.2 Å². The van der Waals surface area contributed by atoms with Crippen LogP contribution in [0.2, 0.25) is 5.02 Å². The van der Waals surface area contributed by atoms with Crippen LogP contribution in [0.1, 0.15) is 22.9 Å². The minimum atomic E-state index is -0.404. The second kappa shape index (κ2) is 7.23. The van der Waals surface area contributed by atoms with Crippen molar-refractivity contribution in [3.63, 3.8) is 0 Å².